The molecule has 0 heterocycles. The van der Waals surface area contributed by atoms with E-state index >= 15 is 0 Å². The van der Waals surface area contributed by atoms with Crippen molar-refractivity contribution in [2.24, 2.45) is 31.6 Å². The number of hydrogen-bond donors (Lipinski definition) is 2. The van der Waals surface area contributed by atoms with E-state index in [1.807, 2.05) is 30.3 Å². The molecule has 46 heavy (non-hydrogen) atoms. The minimum absolute atomic E-state index is 0.0173. The Labute approximate surface area is 278 Å². The average molecular weight is 627 g/mol. The monoisotopic (exact) mass is 626 g/mol. The standard InChI is InChI=1S/C41H58N2O3/c1-38(2,3)21-27-16-29(23-40(7,8)9)36(44)31(18-27)25-42-34-15-14-33(46-13)20-35(34)43-26-32-19-28(22-39(4,5)6)17-30(37(32)45)24-41(10,11)12/h14-20,25-26,44-45H,21-24H2,1-13H3. The first-order valence-corrected chi connectivity index (χ1v) is 16.5. The van der Waals surface area contributed by atoms with E-state index < -0.39 is 0 Å². The van der Waals surface area contributed by atoms with Crippen LogP contribution in [0.5, 0.6) is 17.2 Å². The highest BCUT2D eigenvalue weighted by atomic mass is 16.5. The number of rotatable bonds is 9. The van der Waals surface area contributed by atoms with Gasteiger partial charge in [-0.2, -0.15) is 0 Å². The third kappa shape index (κ3) is 11.6. The van der Waals surface area contributed by atoms with E-state index in [1.165, 1.54) is 11.1 Å². The molecule has 0 spiro atoms. The molecule has 3 rings (SSSR count). The van der Waals surface area contributed by atoms with Crippen molar-refractivity contribution >= 4 is 23.8 Å². The Morgan fingerprint density at radius 1 is 0.543 bits per heavy atom. The fourth-order valence-corrected chi connectivity index (χ4v) is 5.73. The smallest absolute Gasteiger partial charge is 0.127 e. The zero-order chi connectivity index (χ0) is 34.7. The number of phenolic OH excluding ortho intramolecular Hbond substituents is 2. The first kappa shape index (κ1) is 36.9. The molecule has 0 saturated heterocycles. The van der Waals surface area contributed by atoms with E-state index in [9.17, 15) is 10.2 Å². The maximum absolute atomic E-state index is 11.3. The molecule has 0 bridgehead atoms. The maximum atomic E-state index is 11.3. The van der Waals surface area contributed by atoms with Gasteiger partial charge in [-0.3, -0.25) is 9.98 Å². The van der Waals surface area contributed by atoms with Crippen molar-refractivity contribution < 1.29 is 14.9 Å². The molecule has 0 aliphatic heterocycles. The lowest BCUT2D eigenvalue weighted by atomic mass is 9.83. The van der Waals surface area contributed by atoms with Gasteiger partial charge >= 0.3 is 0 Å². The van der Waals surface area contributed by atoms with Gasteiger partial charge in [-0.25, -0.2) is 0 Å². The second kappa shape index (κ2) is 14.0. The predicted molar refractivity (Wildman–Crippen MR) is 196 cm³/mol. The SMILES string of the molecule is COc1ccc(N=Cc2cc(CC(C)(C)C)cc(CC(C)(C)C)c2O)c(N=Cc2cc(CC(C)(C)C)cc(CC(C)(C)C)c2O)c1. The fraction of sp³-hybridized carbons (Fsp3) is 0.512. The molecule has 0 radical (unpaired) electrons. The van der Waals surface area contributed by atoms with Gasteiger partial charge in [0.05, 0.1) is 18.5 Å². The van der Waals surface area contributed by atoms with Gasteiger partial charge in [0.1, 0.15) is 17.2 Å². The second-order valence-corrected chi connectivity index (χ2v) is 17.7. The number of aliphatic imine (C=N–C) groups is 2. The van der Waals surface area contributed by atoms with Crippen molar-refractivity contribution in [1.82, 2.24) is 0 Å². The first-order chi connectivity index (χ1) is 21.0. The molecule has 3 aromatic rings. The molecule has 2 N–H and O–H groups in total. The van der Waals surface area contributed by atoms with Crippen molar-refractivity contribution in [2.45, 2.75) is 109 Å². The summed E-state index contributed by atoms with van der Waals surface area (Å²) >= 11 is 0. The summed E-state index contributed by atoms with van der Waals surface area (Å²) < 4.78 is 5.52. The van der Waals surface area contributed by atoms with Crippen LogP contribution in [0.2, 0.25) is 0 Å². The second-order valence-electron chi connectivity index (χ2n) is 17.7. The van der Waals surface area contributed by atoms with E-state index in [0.717, 1.165) is 36.8 Å². The van der Waals surface area contributed by atoms with Crippen LogP contribution >= 0.6 is 0 Å². The molecular formula is C41H58N2O3. The zero-order valence-electron chi connectivity index (χ0n) is 30.7. The third-order valence-electron chi connectivity index (χ3n) is 7.33. The van der Waals surface area contributed by atoms with Gasteiger partial charge in [0, 0.05) is 29.6 Å². The number of methoxy groups -OCH3 is 1. The third-order valence-corrected chi connectivity index (χ3v) is 7.33. The van der Waals surface area contributed by atoms with Crippen LogP contribution < -0.4 is 4.74 Å². The highest BCUT2D eigenvalue weighted by molar-refractivity contribution is 5.90. The van der Waals surface area contributed by atoms with Crippen molar-refractivity contribution in [3.8, 4) is 17.2 Å². The van der Waals surface area contributed by atoms with Crippen LogP contribution in [-0.2, 0) is 25.7 Å². The van der Waals surface area contributed by atoms with Crippen LogP contribution in [0.25, 0.3) is 0 Å². The Hall–Kier alpha value is -3.60. The van der Waals surface area contributed by atoms with Gasteiger partial charge < -0.3 is 14.9 Å². The van der Waals surface area contributed by atoms with Gasteiger partial charge in [-0.05, 0) is 93.9 Å². The summed E-state index contributed by atoms with van der Waals surface area (Å²) in [5, 5.41) is 22.7. The molecule has 0 aromatic heterocycles. The van der Waals surface area contributed by atoms with Crippen molar-refractivity contribution in [2.75, 3.05) is 7.11 Å². The molecule has 5 heteroatoms. The number of ether oxygens (including phenoxy) is 1. The van der Waals surface area contributed by atoms with Crippen LogP contribution in [0.3, 0.4) is 0 Å². The lowest BCUT2D eigenvalue weighted by Gasteiger charge is -2.23. The molecule has 0 saturated carbocycles. The lowest BCUT2D eigenvalue weighted by molar-refractivity contribution is 0.391. The van der Waals surface area contributed by atoms with E-state index in [0.29, 0.717) is 28.3 Å². The number of benzene rings is 3. The minimum atomic E-state index is 0.0173. The lowest BCUT2D eigenvalue weighted by Crippen LogP contribution is -2.13. The first-order valence-electron chi connectivity index (χ1n) is 16.5. The van der Waals surface area contributed by atoms with Crippen molar-refractivity contribution in [3.63, 3.8) is 0 Å². The molecule has 250 valence electrons. The molecule has 3 aromatic carbocycles. The Morgan fingerprint density at radius 3 is 1.30 bits per heavy atom. The molecule has 0 aliphatic carbocycles. The molecule has 0 fully saturated rings. The largest absolute Gasteiger partial charge is 0.507 e. The summed E-state index contributed by atoms with van der Waals surface area (Å²) in [7, 11) is 1.63. The minimum Gasteiger partial charge on any atom is -0.507 e. The Balaban J connectivity index is 2.11. The molecule has 0 aliphatic rings. The fourth-order valence-electron chi connectivity index (χ4n) is 5.73. The molecule has 0 atom stereocenters. The van der Waals surface area contributed by atoms with E-state index in [1.54, 1.807) is 19.5 Å². The molecular weight excluding hydrogens is 568 g/mol. The van der Waals surface area contributed by atoms with Crippen LogP contribution in [0.15, 0.2) is 52.4 Å². The predicted octanol–water partition coefficient (Wildman–Crippen LogP) is 11.0. The van der Waals surface area contributed by atoms with E-state index in [-0.39, 0.29) is 33.2 Å². The Morgan fingerprint density at radius 2 is 0.935 bits per heavy atom. The summed E-state index contributed by atoms with van der Waals surface area (Å²) in [5.41, 5.74) is 7.05. The van der Waals surface area contributed by atoms with Crippen LogP contribution in [0.4, 0.5) is 11.4 Å². The number of hydrogen-bond acceptors (Lipinski definition) is 5. The van der Waals surface area contributed by atoms with Gasteiger partial charge in [0.15, 0.2) is 0 Å². The number of phenols is 2. The molecule has 0 amide bonds. The Kier molecular flexibility index (Phi) is 11.2. The van der Waals surface area contributed by atoms with Crippen molar-refractivity contribution in [3.05, 3.63) is 75.8 Å². The summed E-state index contributed by atoms with van der Waals surface area (Å²) in [6, 6.07) is 13.9. The highest BCUT2D eigenvalue weighted by Gasteiger charge is 2.21. The zero-order valence-corrected chi connectivity index (χ0v) is 30.7. The maximum Gasteiger partial charge on any atom is 0.127 e. The topological polar surface area (TPSA) is 74.4 Å². The summed E-state index contributed by atoms with van der Waals surface area (Å²) in [5.74, 6) is 1.19. The Bertz CT molecular complexity index is 1570. The molecule has 0 unspecified atom stereocenters. The van der Waals surface area contributed by atoms with Gasteiger partial charge in [0.25, 0.3) is 0 Å². The highest BCUT2D eigenvalue weighted by Crippen LogP contribution is 2.37. The quantitative estimate of drug-likeness (QED) is 0.232. The normalized spacial score (nSPS) is 13.2. The summed E-state index contributed by atoms with van der Waals surface area (Å²) in [6.07, 6.45) is 6.74. The van der Waals surface area contributed by atoms with Crippen LogP contribution in [0.1, 0.15) is 116 Å². The average Bonchev–Trinajstić information content (AvgIpc) is 2.87. The van der Waals surface area contributed by atoms with Gasteiger partial charge in [-0.15, -0.1) is 0 Å². The van der Waals surface area contributed by atoms with Gasteiger partial charge in [0.2, 0.25) is 0 Å². The van der Waals surface area contributed by atoms with Crippen LogP contribution in [-0.4, -0.2) is 29.8 Å². The van der Waals surface area contributed by atoms with Crippen molar-refractivity contribution in [1.29, 1.82) is 0 Å². The summed E-state index contributed by atoms with van der Waals surface area (Å²) in [4.78, 5) is 9.68. The summed E-state index contributed by atoms with van der Waals surface area (Å²) in [6.45, 7) is 26.4. The number of nitrogens with zero attached hydrogens (tertiary/aromatic N) is 2. The molecule has 5 nitrogen and oxygen atoms in total. The van der Waals surface area contributed by atoms with Crippen LogP contribution in [0, 0.1) is 21.7 Å². The van der Waals surface area contributed by atoms with E-state index in [4.69, 9.17) is 14.7 Å². The van der Waals surface area contributed by atoms with E-state index in [2.05, 4.69) is 95.2 Å². The van der Waals surface area contributed by atoms with Gasteiger partial charge in [-0.1, -0.05) is 95.2 Å². The number of aromatic hydroxyl groups is 2.